The molecular formula is C14H14N4O3. The zero-order valence-electron chi connectivity index (χ0n) is 11.2. The normalized spacial score (nSPS) is 17.0. The van der Waals surface area contributed by atoms with Gasteiger partial charge in [-0.2, -0.15) is 5.10 Å². The zero-order chi connectivity index (χ0) is 14.8. The minimum absolute atomic E-state index is 0.0901. The first-order valence-electron chi connectivity index (χ1n) is 6.69. The molecule has 0 bridgehead atoms. The van der Waals surface area contributed by atoms with Crippen molar-refractivity contribution >= 4 is 5.91 Å². The number of fused-ring (bicyclic) bond motifs is 1. The molecule has 7 nitrogen and oxygen atoms in total. The Morgan fingerprint density at radius 1 is 1.38 bits per heavy atom. The lowest BCUT2D eigenvalue weighted by molar-refractivity contribution is 0.0932. The van der Waals surface area contributed by atoms with Crippen molar-refractivity contribution in [1.29, 1.82) is 0 Å². The van der Waals surface area contributed by atoms with Gasteiger partial charge in [-0.15, -0.1) is 0 Å². The highest BCUT2D eigenvalue weighted by Gasteiger charge is 2.22. The van der Waals surface area contributed by atoms with Crippen molar-refractivity contribution in [1.82, 2.24) is 20.5 Å². The number of amides is 1. The summed E-state index contributed by atoms with van der Waals surface area (Å²) < 4.78 is 0. The molecule has 1 atom stereocenters. The molecule has 3 rings (SSSR count). The quantitative estimate of drug-likeness (QED) is 0.707. The molecule has 0 saturated heterocycles. The van der Waals surface area contributed by atoms with E-state index in [1.807, 2.05) is 0 Å². The van der Waals surface area contributed by atoms with Crippen LogP contribution in [0.4, 0.5) is 0 Å². The average molecular weight is 286 g/mol. The lowest BCUT2D eigenvalue weighted by Gasteiger charge is -2.24. The summed E-state index contributed by atoms with van der Waals surface area (Å²) >= 11 is 0. The molecule has 1 aliphatic rings. The van der Waals surface area contributed by atoms with E-state index in [2.05, 4.69) is 20.5 Å². The van der Waals surface area contributed by atoms with Crippen LogP contribution in [0.25, 0.3) is 0 Å². The Balaban J connectivity index is 1.75. The number of rotatable bonds is 2. The molecule has 2 heterocycles. The van der Waals surface area contributed by atoms with Gasteiger partial charge in [-0.3, -0.25) is 14.4 Å². The number of nitrogens with one attached hydrogen (secondary N) is 3. The Bertz CT molecular complexity index is 793. The van der Waals surface area contributed by atoms with E-state index in [-0.39, 0.29) is 17.2 Å². The molecule has 2 aromatic heterocycles. The predicted octanol–water partition coefficient (Wildman–Crippen LogP) is -0.255. The predicted molar refractivity (Wildman–Crippen MR) is 75.2 cm³/mol. The van der Waals surface area contributed by atoms with E-state index in [9.17, 15) is 14.4 Å². The van der Waals surface area contributed by atoms with Crippen molar-refractivity contribution < 1.29 is 4.79 Å². The number of H-pyrrole nitrogens is 2. The Kier molecular flexibility index (Phi) is 3.39. The topological polar surface area (TPSA) is 108 Å². The van der Waals surface area contributed by atoms with Crippen molar-refractivity contribution in [3.05, 3.63) is 61.9 Å². The van der Waals surface area contributed by atoms with E-state index in [1.54, 1.807) is 6.07 Å². The van der Waals surface area contributed by atoms with Gasteiger partial charge in [-0.05, 0) is 37.0 Å². The van der Waals surface area contributed by atoms with E-state index < -0.39 is 11.5 Å². The first-order valence-corrected chi connectivity index (χ1v) is 6.69. The highest BCUT2D eigenvalue weighted by atomic mass is 16.2. The summed E-state index contributed by atoms with van der Waals surface area (Å²) in [6.45, 7) is 0. The summed E-state index contributed by atoms with van der Waals surface area (Å²) in [5, 5.41) is 9.25. The smallest absolute Gasteiger partial charge is 0.264 e. The number of carbonyl (C=O) groups is 1. The fourth-order valence-electron chi connectivity index (χ4n) is 2.53. The second-order valence-corrected chi connectivity index (χ2v) is 5.03. The first-order chi connectivity index (χ1) is 10.1. The summed E-state index contributed by atoms with van der Waals surface area (Å²) in [6, 6.07) is 4.50. The van der Waals surface area contributed by atoms with E-state index >= 15 is 0 Å². The van der Waals surface area contributed by atoms with Crippen LogP contribution in [0, 0.1) is 0 Å². The molecule has 0 unspecified atom stereocenters. The molecule has 21 heavy (non-hydrogen) atoms. The number of aromatic nitrogens is 3. The molecule has 7 heteroatoms. The van der Waals surface area contributed by atoms with Gasteiger partial charge in [-0.1, -0.05) is 0 Å². The molecule has 1 aliphatic carbocycles. The maximum atomic E-state index is 12.1. The third-order valence-electron chi connectivity index (χ3n) is 3.57. The number of hydrogen-bond donors (Lipinski definition) is 3. The highest BCUT2D eigenvalue weighted by Crippen LogP contribution is 2.17. The number of carbonyl (C=O) groups excluding carboxylic acids is 1. The van der Waals surface area contributed by atoms with Crippen LogP contribution in [0.3, 0.4) is 0 Å². The monoisotopic (exact) mass is 286 g/mol. The maximum absolute atomic E-state index is 12.1. The van der Waals surface area contributed by atoms with Crippen LogP contribution in [0.15, 0.2) is 34.0 Å². The number of aryl methyl sites for hydroxylation is 1. The van der Waals surface area contributed by atoms with Gasteiger partial charge < -0.3 is 10.3 Å². The van der Waals surface area contributed by atoms with Gasteiger partial charge in [0, 0.05) is 18.3 Å². The van der Waals surface area contributed by atoms with Crippen molar-refractivity contribution in [2.24, 2.45) is 0 Å². The van der Waals surface area contributed by atoms with Gasteiger partial charge in [0.1, 0.15) is 5.56 Å². The number of hydrogen-bond acceptors (Lipinski definition) is 4. The number of nitrogens with zero attached hydrogens (tertiary/aromatic N) is 1. The zero-order valence-corrected chi connectivity index (χ0v) is 11.2. The minimum Gasteiger partial charge on any atom is -0.349 e. The van der Waals surface area contributed by atoms with Crippen molar-refractivity contribution in [2.75, 3.05) is 0 Å². The summed E-state index contributed by atoms with van der Waals surface area (Å²) in [6.07, 6.45) is 3.43. The number of pyridine rings is 1. The SMILES string of the molecule is O=C(N[C@H]1CCc2n[nH]c(=O)cc2C1)c1ccc[nH]c1=O. The third-order valence-corrected chi connectivity index (χ3v) is 3.57. The van der Waals surface area contributed by atoms with Crippen LogP contribution in [0.2, 0.25) is 0 Å². The van der Waals surface area contributed by atoms with Crippen LogP contribution in [-0.4, -0.2) is 27.1 Å². The number of aromatic amines is 2. The molecule has 1 amide bonds. The molecule has 0 aliphatic heterocycles. The van der Waals surface area contributed by atoms with Gasteiger partial charge >= 0.3 is 0 Å². The Hall–Kier alpha value is -2.70. The molecule has 0 saturated carbocycles. The summed E-state index contributed by atoms with van der Waals surface area (Å²) in [4.78, 5) is 37.4. The first kappa shape index (κ1) is 13.3. The van der Waals surface area contributed by atoms with E-state index in [4.69, 9.17) is 0 Å². The third kappa shape index (κ3) is 2.76. The Morgan fingerprint density at radius 3 is 3.05 bits per heavy atom. The molecule has 108 valence electrons. The van der Waals surface area contributed by atoms with Gasteiger partial charge in [0.25, 0.3) is 17.0 Å². The minimum atomic E-state index is -0.413. The lowest BCUT2D eigenvalue weighted by atomic mass is 9.92. The van der Waals surface area contributed by atoms with Crippen LogP contribution >= 0.6 is 0 Å². The molecule has 2 aromatic rings. The Morgan fingerprint density at radius 2 is 2.24 bits per heavy atom. The van der Waals surface area contributed by atoms with Crippen molar-refractivity contribution in [2.45, 2.75) is 25.3 Å². The summed E-state index contributed by atoms with van der Waals surface area (Å²) in [5.41, 5.74) is 1.13. The molecule has 3 N–H and O–H groups in total. The molecule has 0 fully saturated rings. The van der Waals surface area contributed by atoms with Crippen molar-refractivity contribution in [3.8, 4) is 0 Å². The average Bonchev–Trinajstić information content (AvgIpc) is 2.47. The van der Waals surface area contributed by atoms with Crippen LogP contribution < -0.4 is 16.4 Å². The Labute approximate surface area is 119 Å². The van der Waals surface area contributed by atoms with E-state index in [1.165, 1.54) is 18.3 Å². The second-order valence-electron chi connectivity index (χ2n) is 5.03. The molecule has 0 spiro atoms. The fourth-order valence-corrected chi connectivity index (χ4v) is 2.53. The van der Waals surface area contributed by atoms with Crippen molar-refractivity contribution in [3.63, 3.8) is 0 Å². The van der Waals surface area contributed by atoms with Crippen LogP contribution in [-0.2, 0) is 12.8 Å². The lowest BCUT2D eigenvalue weighted by Crippen LogP contribution is -2.41. The van der Waals surface area contributed by atoms with Gasteiger partial charge in [-0.25, -0.2) is 5.10 Å². The standard InChI is InChI=1S/C14H14N4O3/c19-12-7-8-6-9(3-4-11(8)17-18-12)16-14(21)10-2-1-5-15-13(10)20/h1-2,5,7,9H,3-4,6H2,(H,15,20)(H,16,21)(H,18,19)/t9-/m0/s1. The fraction of sp³-hybridized carbons (Fsp3) is 0.286. The second kappa shape index (κ2) is 5.35. The van der Waals surface area contributed by atoms with Gasteiger partial charge in [0.15, 0.2) is 0 Å². The maximum Gasteiger partial charge on any atom is 0.264 e. The summed E-state index contributed by atoms with van der Waals surface area (Å²) in [5.74, 6) is -0.400. The van der Waals surface area contributed by atoms with E-state index in [0.717, 1.165) is 17.7 Å². The van der Waals surface area contributed by atoms with Crippen LogP contribution in [0.5, 0.6) is 0 Å². The molecule has 0 radical (unpaired) electrons. The summed E-state index contributed by atoms with van der Waals surface area (Å²) in [7, 11) is 0. The van der Waals surface area contributed by atoms with Gasteiger partial charge in [0.05, 0.1) is 5.69 Å². The molecule has 0 aromatic carbocycles. The largest absolute Gasteiger partial charge is 0.349 e. The van der Waals surface area contributed by atoms with Gasteiger partial charge in [0.2, 0.25) is 0 Å². The highest BCUT2D eigenvalue weighted by molar-refractivity contribution is 5.93. The van der Waals surface area contributed by atoms with E-state index in [0.29, 0.717) is 12.8 Å². The van der Waals surface area contributed by atoms with Crippen LogP contribution in [0.1, 0.15) is 28.0 Å². The molecular weight excluding hydrogens is 272 g/mol.